The zero-order valence-electron chi connectivity index (χ0n) is 16.6. The number of carbonyl (C=O) groups is 1. The van der Waals surface area contributed by atoms with E-state index in [0.29, 0.717) is 23.2 Å². The van der Waals surface area contributed by atoms with Crippen molar-refractivity contribution in [3.05, 3.63) is 114 Å². The normalized spacial score (nSPS) is 10.8. The average molecular weight is 402 g/mol. The Morgan fingerprint density at radius 3 is 2.55 bits per heavy atom. The molecule has 0 aliphatic heterocycles. The van der Waals surface area contributed by atoms with E-state index in [1.165, 1.54) is 0 Å². The quantitative estimate of drug-likeness (QED) is 0.412. The van der Waals surface area contributed by atoms with Crippen molar-refractivity contribution in [1.29, 1.82) is 5.26 Å². The summed E-state index contributed by atoms with van der Waals surface area (Å²) >= 11 is 0. The van der Waals surface area contributed by atoms with E-state index in [2.05, 4.69) is 34.2 Å². The highest BCUT2D eigenvalue weighted by atomic mass is 16.1. The molecule has 0 unspecified atom stereocenters. The van der Waals surface area contributed by atoms with Gasteiger partial charge in [0, 0.05) is 35.3 Å². The van der Waals surface area contributed by atoms with Crippen LogP contribution in [0.4, 0.5) is 0 Å². The fourth-order valence-corrected chi connectivity index (χ4v) is 3.87. The van der Waals surface area contributed by atoms with Gasteiger partial charge in [0.15, 0.2) is 5.78 Å². The van der Waals surface area contributed by atoms with Crippen LogP contribution in [0, 0.1) is 11.3 Å². The average Bonchev–Trinajstić information content (AvgIpc) is 3.48. The van der Waals surface area contributed by atoms with E-state index in [4.69, 9.17) is 5.26 Å². The maximum absolute atomic E-state index is 13.5. The van der Waals surface area contributed by atoms with Crippen LogP contribution in [0.15, 0.2) is 91.6 Å². The molecule has 0 fully saturated rings. The number of aromatic nitrogens is 3. The molecule has 3 aromatic carbocycles. The van der Waals surface area contributed by atoms with E-state index in [0.717, 1.165) is 27.6 Å². The molecule has 2 aromatic heterocycles. The summed E-state index contributed by atoms with van der Waals surface area (Å²) in [6.07, 6.45) is 7.32. The molecule has 0 aliphatic rings. The largest absolute Gasteiger partial charge is 0.347 e. The first kappa shape index (κ1) is 18.6. The summed E-state index contributed by atoms with van der Waals surface area (Å²) in [5, 5.41) is 11.3. The Hall–Kier alpha value is -4.43. The van der Waals surface area contributed by atoms with Gasteiger partial charge in [0.1, 0.15) is 0 Å². The maximum atomic E-state index is 13.5. The van der Waals surface area contributed by atoms with Crippen molar-refractivity contribution < 1.29 is 4.79 Å². The van der Waals surface area contributed by atoms with Gasteiger partial charge in [0.2, 0.25) is 0 Å². The molecule has 1 N–H and O–H groups in total. The summed E-state index contributed by atoms with van der Waals surface area (Å²) in [5.41, 5.74) is 4.56. The Bertz CT molecular complexity index is 1420. The standard InChI is InChI=1S/C26H18N4O/c27-12-18-8-10-20(11-9-18)26(31)25-16-30(14-21-13-28-17-29-21)15-24(25)23-7-3-5-19-4-1-2-6-22(19)23/h1-11,13,15-17H,14H2,(H,28,29). The molecule has 0 radical (unpaired) electrons. The van der Waals surface area contributed by atoms with Crippen molar-refractivity contribution in [2.45, 2.75) is 6.54 Å². The van der Waals surface area contributed by atoms with E-state index in [1.807, 2.05) is 41.2 Å². The van der Waals surface area contributed by atoms with Gasteiger partial charge in [-0.15, -0.1) is 0 Å². The number of aromatic amines is 1. The van der Waals surface area contributed by atoms with E-state index < -0.39 is 0 Å². The van der Waals surface area contributed by atoms with Gasteiger partial charge >= 0.3 is 0 Å². The van der Waals surface area contributed by atoms with E-state index in [-0.39, 0.29) is 5.78 Å². The minimum absolute atomic E-state index is 0.0733. The van der Waals surface area contributed by atoms with Crippen LogP contribution in [0.5, 0.6) is 0 Å². The highest BCUT2D eigenvalue weighted by molar-refractivity contribution is 6.14. The first-order valence-corrected chi connectivity index (χ1v) is 9.93. The van der Waals surface area contributed by atoms with Crippen molar-refractivity contribution in [3.63, 3.8) is 0 Å². The second-order valence-electron chi connectivity index (χ2n) is 7.38. The smallest absolute Gasteiger partial charge is 0.195 e. The van der Waals surface area contributed by atoms with Crippen LogP contribution in [-0.2, 0) is 6.54 Å². The van der Waals surface area contributed by atoms with Gasteiger partial charge in [-0.05, 0) is 40.6 Å². The molecule has 5 nitrogen and oxygen atoms in total. The molecule has 0 saturated heterocycles. The second-order valence-corrected chi connectivity index (χ2v) is 7.38. The number of hydrogen-bond acceptors (Lipinski definition) is 3. The third-order valence-electron chi connectivity index (χ3n) is 5.39. The van der Waals surface area contributed by atoms with Crippen molar-refractivity contribution in [2.24, 2.45) is 0 Å². The molecule has 0 amide bonds. The number of nitriles is 1. The number of carbonyl (C=O) groups excluding carboxylic acids is 1. The number of hydrogen-bond donors (Lipinski definition) is 1. The highest BCUT2D eigenvalue weighted by Crippen LogP contribution is 2.33. The zero-order chi connectivity index (χ0) is 21.2. The molecular formula is C26H18N4O. The van der Waals surface area contributed by atoms with Gasteiger partial charge in [-0.2, -0.15) is 5.26 Å². The monoisotopic (exact) mass is 402 g/mol. The molecule has 0 bridgehead atoms. The summed E-state index contributed by atoms with van der Waals surface area (Å²) in [7, 11) is 0. The molecular weight excluding hydrogens is 384 g/mol. The lowest BCUT2D eigenvalue weighted by molar-refractivity contribution is 0.103. The predicted octanol–water partition coefficient (Wildman–Crippen LogP) is 5.18. The van der Waals surface area contributed by atoms with Gasteiger partial charge < -0.3 is 9.55 Å². The van der Waals surface area contributed by atoms with Crippen molar-refractivity contribution in [3.8, 4) is 17.2 Å². The molecule has 0 spiro atoms. The summed E-state index contributed by atoms with van der Waals surface area (Å²) in [6, 6.07) is 23.2. The molecule has 5 rings (SSSR count). The fourth-order valence-electron chi connectivity index (χ4n) is 3.87. The Morgan fingerprint density at radius 2 is 1.77 bits per heavy atom. The summed E-state index contributed by atoms with van der Waals surface area (Å²) in [4.78, 5) is 20.7. The van der Waals surface area contributed by atoms with Crippen LogP contribution < -0.4 is 0 Å². The highest BCUT2D eigenvalue weighted by Gasteiger charge is 2.19. The molecule has 5 heteroatoms. The lowest BCUT2D eigenvalue weighted by atomic mass is 9.94. The van der Waals surface area contributed by atoms with Crippen molar-refractivity contribution >= 4 is 16.6 Å². The first-order chi connectivity index (χ1) is 15.2. The van der Waals surface area contributed by atoms with Gasteiger partial charge in [-0.1, -0.05) is 42.5 Å². The number of fused-ring (bicyclic) bond motifs is 1. The lowest BCUT2D eigenvalue weighted by Gasteiger charge is -2.08. The third-order valence-corrected chi connectivity index (χ3v) is 5.39. The van der Waals surface area contributed by atoms with Crippen LogP contribution in [0.1, 0.15) is 27.2 Å². The number of nitrogens with zero attached hydrogens (tertiary/aromatic N) is 3. The molecule has 5 aromatic rings. The van der Waals surface area contributed by atoms with Gasteiger partial charge in [0.05, 0.1) is 30.2 Å². The molecule has 31 heavy (non-hydrogen) atoms. The van der Waals surface area contributed by atoms with Crippen LogP contribution in [0.2, 0.25) is 0 Å². The molecule has 2 heterocycles. The minimum Gasteiger partial charge on any atom is -0.347 e. The topological polar surface area (TPSA) is 74.5 Å². The maximum Gasteiger partial charge on any atom is 0.195 e. The van der Waals surface area contributed by atoms with Gasteiger partial charge in [-0.3, -0.25) is 4.79 Å². The number of rotatable bonds is 5. The number of nitrogens with one attached hydrogen (secondary N) is 1. The second kappa shape index (κ2) is 7.77. The van der Waals surface area contributed by atoms with Crippen LogP contribution in [0.25, 0.3) is 21.9 Å². The third kappa shape index (κ3) is 3.52. The molecule has 0 atom stereocenters. The Kier molecular flexibility index (Phi) is 4.66. The van der Waals surface area contributed by atoms with Crippen LogP contribution >= 0.6 is 0 Å². The summed E-state index contributed by atoms with van der Waals surface area (Å²) in [6.45, 7) is 0.582. The number of imidazole rings is 1. The Morgan fingerprint density at radius 1 is 0.968 bits per heavy atom. The van der Waals surface area contributed by atoms with E-state index >= 15 is 0 Å². The van der Waals surface area contributed by atoms with Gasteiger partial charge in [-0.25, -0.2) is 4.98 Å². The molecule has 0 saturated carbocycles. The fraction of sp³-hybridized carbons (Fsp3) is 0.0385. The molecule has 148 valence electrons. The Balaban J connectivity index is 1.66. The van der Waals surface area contributed by atoms with E-state index in [9.17, 15) is 4.79 Å². The van der Waals surface area contributed by atoms with Gasteiger partial charge in [0.25, 0.3) is 0 Å². The van der Waals surface area contributed by atoms with Crippen LogP contribution in [0.3, 0.4) is 0 Å². The number of ketones is 1. The molecule has 0 aliphatic carbocycles. The predicted molar refractivity (Wildman–Crippen MR) is 120 cm³/mol. The van der Waals surface area contributed by atoms with Crippen LogP contribution in [-0.4, -0.2) is 20.3 Å². The number of H-pyrrole nitrogens is 1. The zero-order valence-corrected chi connectivity index (χ0v) is 16.6. The summed E-state index contributed by atoms with van der Waals surface area (Å²) in [5.74, 6) is -0.0733. The first-order valence-electron chi connectivity index (χ1n) is 9.93. The van der Waals surface area contributed by atoms with Crippen molar-refractivity contribution in [2.75, 3.05) is 0 Å². The SMILES string of the molecule is N#Cc1ccc(C(=O)c2cn(Cc3cnc[nH]3)cc2-c2cccc3ccccc23)cc1. The van der Waals surface area contributed by atoms with Crippen molar-refractivity contribution in [1.82, 2.24) is 14.5 Å². The minimum atomic E-state index is -0.0733. The Labute approximate surface area is 179 Å². The summed E-state index contributed by atoms with van der Waals surface area (Å²) < 4.78 is 2.00. The lowest BCUT2D eigenvalue weighted by Crippen LogP contribution is -2.02. The van der Waals surface area contributed by atoms with E-state index in [1.54, 1.807) is 36.8 Å². The number of benzene rings is 3.